The van der Waals surface area contributed by atoms with E-state index in [0.29, 0.717) is 14.8 Å². The average Bonchev–Trinajstić information content (AvgIpc) is 2.78. The number of carbonyl (C=O) groups excluding carboxylic acids is 2. The number of carbonyl (C=O) groups is 2. The van der Waals surface area contributed by atoms with Crippen molar-refractivity contribution >= 4 is 35.2 Å². The van der Waals surface area contributed by atoms with Gasteiger partial charge < -0.3 is 14.9 Å². The highest BCUT2D eigenvalue weighted by Crippen LogP contribution is 2.14. The van der Waals surface area contributed by atoms with Gasteiger partial charge in [-0.1, -0.05) is 45.0 Å². The first kappa shape index (κ1) is 16.9. The van der Waals surface area contributed by atoms with Crippen molar-refractivity contribution in [2.45, 2.75) is 20.8 Å². The van der Waals surface area contributed by atoms with Crippen LogP contribution in [-0.2, 0) is 4.79 Å². The molecule has 0 amide bonds. The normalized spacial score (nSPS) is 13.3. The first-order valence-electron chi connectivity index (χ1n) is 6.95. The lowest BCUT2D eigenvalue weighted by molar-refractivity contribution is -0.255. The molecule has 0 aliphatic rings. The number of thiazole rings is 1. The molecule has 5 nitrogen and oxygen atoms in total. The zero-order valence-electron chi connectivity index (χ0n) is 13.0. The molecule has 0 fully saturated rings. The number of Topliss-reactive ketones (excluding diaryl/α,β-unsaturated/α-hetero) is 1. The molecule has 0 radical (unpaired) electrons. The Kier molecular flexibility index (Phi) is 4.65. The van der Waals surface area contributed by atoms with Crippen molar-refractivity contribution in [3.63, 3.8) is 0 Å². The summed E-state index contributed by atoms with van der Waals surface area (Å²) in [7, 11) is 0. The summed E-state index contributed by atoms with van der Waals surface area (Å²) in [6, 6.07) is 6.01. The first-order valence-corrected chi connectivity index (χ1v) is 7.77. The molecule has 120 valence electrons. The number of hydrogen-bond acceptors (Lipinski definition) is 5. The van der Waals surface area contributed by atoms with Crippen molar-refractivity contribution in [3.8, 4) is 0 Å². The van der Waals surface area contributed by atoms with Crippen LogP contribution in [0.2, 0.25) is 0 Å². The van der Waals surface area contributed by atoms with Crippen molar-refractivity contribution < 1.29 is 14.7 Å². The molecular weight excluding hydrogens is 314 g/mol. The Morgan fingerprint density at radius 1 is 1.17 bits per heavy atom. The maximum absolute atomic E-state index is 12.0. The Hall–Kier alpha value is -2.47. The fraction of sp³-hybridized carbons (Fsp3) is 0.235. The maximum atomic E-state index is 12.0. The van der Waals surface area contributed by atoms with E-state index in [1.807, 2.05) is 20.8 Å². The van der Waals surface area contributed by atoms with E-state index in [-0.39, 0.29) is 16.9 Å². The lowest BCUT2D eigenvalue weighted by Gasteiger charge is -2.12. The summed E-state index contributed by atoms with van der Waals surface area (Å²) in [5.41, 5.74) is -0.0270. The number of hydrogen-bond donors (Lipinski definition) is 1. The molecule has 0 unspecified atom stereocenters. The number of benzene rings is 1. The second kappa shape index (κ2) is 6.34. The molecule has 6 heteroatoms. The van der Waals surface area contributed by atoms with Gasteiger partial charge in [-0.25, -0.2) is 0 Å². The van der Waals surface area contributed by atoms with E-state index in [9.17, 15) is 19.5 Å². The summed E-state index contributed by atoms with van der Waals surface area (Å²) in [6.45, 7) is 5.43. The standard InChI is InChI=1S/C17H17NO4S/c1-17(2,3)13(19)9-14-18-15(20)12(23-14)8-10-4-6-11(7-5-10)16(21)22/h4-9H,1-3H3,(H,18,20)(H,21,22)/p-1/b12-8+,14-9+. The number of rotatable bonds is 3. The number of aromatic nitrogens is 1. The first-order chi connectivity index (χ1) is 10.7. The van der Waals surface area contributed by atoms with Gasteiger partial charge in [0.15, 0.2) is 5.78 Å². The molecule has 0 bridgehead atoms. The number of carboxylic acid groups (broad SMARTS) is 1. The third-order valence-corrected chi connectivity index (χ3v) is 4.09. The van der Waals surface area contributed by atoms with Crippen LogP contribution < -0.4 is 19.9 Å². The third kappa shape index (κ3) is 4.26. The molecule has 0 saturated carbocycles. The van der Waals surface area contributed by atoms with E-state index in [1.165, 1.54) is 29.5 Å². The SMILES string of the molecule is CC(C)(C)C(=O)/C=c1\[nH]c(=O)/c(=C\c2ccc(C(=O)[O-])cc2)s1. The van der Waals surface area contributed by atoms with E-state index in [0.717, 1.165) is 0 Å². The Bertz CT molecular complexity index is 911. The van der Waals surface area contributed by atoms with E-state index in [1.54, 1.807) is 18.2 Å². The summed E-state index contributed by atoms with van der Waals surface area (Å²) in [5, 5.41) is 10.7. The highest BCUT2D eigenvalue weighted by Gasteiger charge is 2.18. The van der Waals surface area contributed by atoms with Crippen LogP contribution in [0.5, 0.6) is 0 Å². The number of carboxylic acids is 1. The van der Waals surface area contributed by atoms with Crippen LogP contribution in [0.25, 0.3) is 12.2 Å². The van der Waals surface area contributed by atoms with E-state index < -0.39 is 11.4 Å². The predicted molar refractivity (Wildman–Crippen MR) is 87.5 cm³/mol. The van der Waals surface area contributed by atoms with Gasteiger partial charge in [-0.05, 0) is 17.2 Å². The molecule has 0 aliphatic carbocycles. The van der Waals surface area contributed by atoms with Crippen LogP contribution in [0.15, 0.2) is 29.1 Å². The van der Waals surface area contributed by atoms with E-state index >= 15 is 0 Å². The lowest BCUT2D eigenvalue weighted by atomic mass is 9.91. The topological polar surface area (TPSA) is 90.1 Å². The fourth-order valence-electron chi connectivity index (χ4n) is 1.73. The maximum Gasteiger partial charge on any atom is 0.266 e. The van der Waals surface area contributed by atoms with Gasteiger partial charge in [-0.15, -0.1) is 11.3 Å². The number of H-pyrrole nitrogens is 1. The Balaban J connectivity index is 2.42. The van der Waals surface area contributed by atoms with Crippen LogP contribution in [0, 0.1) is 5.41 Å². The zero-order chi connectivity index (χ0) is 17.2. The van der Waals surface area contributed by atoms with Gasteiger partial charge in [0, 0.05) is 11.5 Å². The van der Waals surface area contributed by atoms with Gasteiger partial charge in [0.25, 0.3) is 5.56 Å². The molecule has 1 N–H and O–H groups in total. The van der Waals surface area contributed by atoms with Crippen molar-refractivity contribution in [1.82, 2.24) is 4.98 Å². The van der Waals surface area contributed by atoms with Crippen LogP contribution >= 0.6 is 11.3 Å². The van der Waals surface area contributed by atoms with Crippen molar-refractivity contribution in [2.75, 3.05) is 0 Å². The van der Waals surface area contributed by atoms with Crippen LogP contribution in [0.4, 0.5) is 0 Å². The summed E-state index contributed by atoms with van der Waals surface area (Å²) in [5.74, 6) is -1.32. The molecule has 1 heterocycles. The summed E-state index contributed by atoms with van der Waals surface area (Å²) >= 11 is 1.18. The smallest absolute Gasteiger partial charge is 0.266 e. The summed E-state index contributed by atoms with van der Waals surface area (Å²) in [4.78, 5) is 37.3. The molecule has 2 rings (SSSR count). The number of nitrogens with one attached hydrogen (secondary N) is 1. The fourth-order valence-corrected chi connectivity index (χ4v) is 2.61. The van der Waals surface area contributed by atoms with Crippen LogP contribution in [0.1, 0.15) is 36.7 Å². The molecular formula is C17H16NO4S-. The highest BCUT2D eigenvalue weighted by atomic mass is 32.1. The number of aromatic amines is 1. The van der Waals surface area contributed by atoms with Crippen molar-refractivity contribution in [2.24, 2.45) is 5.41 Å². The van der Waals surface area contributed by atoms with Gasteiger partial charge >= 0.3 is 0 Å². The molecule has 1 aromatic heterocycles. The van der Waals surface area contributed by atoms with Gasteiger partial charge in [0.1, 0.15) is 0 Å². The largest absolute Gasteiger partial charge is 0.545 e. The third-order valence-electron chi connectivity index (χ3n) is 3.13. The molecule has 0 saturated heterocycles. The lowest BCUT2D eigenvalue weighted by Crippen LogP contribution is -2.22. The Morgan fingerprint density at radius 3 is 2.30 bits per heavy atom. The van der Waals surface area contributed by atoms with Gasteiger partial charge in [-0.3, -0.25) is 9.59 Å². The molecule has 23 heavy (non-hydrogen) atoms. The zero-order valence-corrected chi connectivity index (χ0v) is 13.8. The highest BCUT2D eigenvalue weighted by molar-refractivity contribution is 7.07. The predicted octanol–water partition coefficient (Wildman–Crippen LogP) is 0.0244. The minimum Gasteiger partial charge on any atom is -0.545 e. The number of ketones is 1. The minimum absolute atomic E-state index is 0.0696. The molecule has 0 atom stereocenters. The second-order valence-electron chi connectivity index (χ2n) is 6.10. The number of aromatic carboxylic acids is 1. The van der Waals surface area contributed by atoms with Crippen molar-refractivity contribution in [1.29, 1.82) is 0 Å². The molecule has 0 aliphatic heterocycles. The summed E-state index contributed by atoms with van der Waals surface area (Å²) in [6.07, 6.45) is 3.07. The Labute approximate surface area is 136 Å². The van der Waals surface area contributed by atoms with Crippen molar-refractivity contribution in [3.05, 3.63) is 54.9 Å². The molecule has 1 aromatic carbocycles. The quantitative estimate of drug-likeness (QED) is 0.859. The van der Waals surface area contributed by atoms with Gasteiger partial charge in [0.05, 0.1) is 15.2 Å². The molecule has 2 aromatic rings. The Morgan fingerprint density at radius 2 is 1.78 bits per heavy atom. The monoisotopic (exact) mass is 330 g/mol. The van der Waals surface area contributed by atoms with Crippen LogP contribution in [-0.4, -0.2) is 16.7 Å². The van der Waals surface area contributed by atoms with Gasteiger partial charge in [0.2, 0.25) is 0 Å². The second-order valence-corrected chi connectivity index (χ2v) is 7.18. The van der Waals surface area contributed by atoms with Gasteiger partial charge in [-0.2, -0.15) is 0 Å². The summed E-state index contributed by atoms with van der Waals surface area (Å²) < 4.78 is 0.937. The van der Waals surface area contributed by atoms with E-state index in [4.69, 9.17) is 0 Å². The van der Waals surface area contributed by atoms with Crippen LogP contribution in [0.3, 0.4) is 0 Å². The average molecular weight is 330 g/mol. The van der Waals surface area contributed by atoms with E-state index in [2.05, 4.69) is 4.98 Å². The minimum atomic E-state index is -1.25. The molecule has 0 spiro atoms.